The molecule has 5 rings (SSSR count). The SMILES string of the molecule is Cc1nc(Cc2nc(-c3cccc(Oc4ccc5[nH]ccc5c4)c3)n[nH]2)cs1. The van der Waals surface area contributed by atoms with Crippen molar-refractivity contribution in [3.63, 3.8) is 0 Å². The van der Waals surface area contributed by atoms with E-state index in [-0.39, 0.29) is 0 Å². The van der Waals surface area contributed by atoms with Crippen molar-refractivity contribution >= 4 is 22.2 Å². The van der Waals surface area contributed by atoms with Gasteiger partial charge in [0.25, 0.3) is 0 Å². The lowest BCUT2D eigenvalue weighted by molar-refractivity contribution is 0.483. The minimum atomic E-state index is 0.643. The van der Waals surface area contributed by atoms with Crippen LogP contribution in [0.3, 0.4) is 0 Å². The first kappa shape index (κ1) is 16.7. The van der Waals surface area contributed by atoms with Crippen LogP contribution in [0.2, 0.25) is 0 Å². The highest BCUT2D eigenvalue weighted by atomic mass is 32.1. The first-order chi connectivity index (χ1) is 13.7. The summed E-state index contributed by atoms with van der Waals surface area (Å²) in [5.41, 5.74) is 2.99. The van der Waals surface area contributed by atoms with E-state index in [1.807, 2.05) is 67.0 Å². The Morgan fingerprint density at radius 2 is 1.96 bits per heavy atom. The molecule has 3 heterocycles. The summed E-state index contributed by atoms with van der Waals surface area (Å²) in [7, 11) is 0. The molecule has 0 unspecified atom stereocenters. The van der Waals surface area contributed by atoms with E-state index in [0.29, 0.717) is 12.2 Å². The van der Waals surface area contributed by atoms with Gasteiger partial charge in [-0.2, -0.15) is 5.10 Å². The Balaban J connectivity index is 1.36. The predicted molar refractivity (Wildman–Crippen MR) is 110 cm³/mol. The standard InChI is InChI=1S/C21H17N5OS/c1-13-23-16(12-28-13)11-20-24-21(26-25-20)15-3-2-4-17(10-15)27-18-5-6-19-14(9-18)7-8-22-19/h2-10,12,22H,11H2,1H3,(H,24,25,26). The Labute approximate surface area is 165 Å². The maximum absolute atomic E-state index is 6.03. The maximum atomic E-state index is 6.03. The number of hydrogen-bond acceptors (Lipinski definition) is 5. The zero-order chi connectivity index (χ0) is 18.9. The Hall–Kier alpha value is -3.45. The second-order valence-corrected chi connectivity index (χ2v) is 7.56. The first-order valence-electron chi connectivity index (χ1n) is 8.91. The van der Waals surface area contributed by atoms with Gasteiger partial charge in [0.2, 0.25) is 0 Å². The summed E-state index contributed by atoms with van der Waals surface area (Å²) in [6, 6.07) is 15.8. The van der Waals surface area contributed by atoms with Crippen LogP contribution < -0.4 is 4.74 Å². The number of ether oxygens (including phenoxy) is 1. The maximum Gasteiger partial charge on any atom is 0.181 e. The molecule has 0 aliphatic carbocycles. The summed E-state index contributed by atoms with van der Waals surface area (Å²) >= 11 is 1.64. The molecule has 0 atom stereocenters. The third-order valence-corrected chi connectivity index (χ3v) is 5.22. The Bertz CT molecular complexity index is 1250. The number of H-pyrrole nitrogens is 2. The number of aromatic amines is 2. The van der Waals surface area contributed by atoms with Crippen LogP contribution >= 0.6 is 11.3 Å². The largest absolute Gasteiger partial charge is 0.457 e. The summed E-state index contributed by atoms with van der Waals surface area (Å²) < 4.78 is 6.03. The topological polar surface area (TPSA) is 79.5 Å². The molecule has 2 N–H and O–H groups in total. The number of rotatable bonds is 5. The molecular weight excluding hydrogens is 370 g/mol. The number of hydrogen-bond donors (Lipinski definition) is 2. The lowest BCUT2D eigenvalue weighted by atomic mass is 10.2. The molecule has 0 amide bonds. The second kappa shape index (κ2) is 6.94. The second-order valence-electron chi connectivity index (χ2n) is 6.50. The van der Waals surface area contributed by atoms with Crippen molar-refractivity contribution in [3.8, 4) is 22.9 Å². The third kappa shape index (κ3) is 3.39. The number of aromatic nitrogens is 5. The van der Waals surface area contributed by atoms with Crippen LogP contribution in [0.1, 0.15) is 16.5 Å². The summed E-state index contributed by atoms with van der Waals surface area (Å²) in [5.74, 6) is 2.98. The summed E-state index contributed by atoms with van der Waals surface area (Å²) in [6.45, 7) is 2.00. The van der Waals surface area contributed by atoms with Gasteiger partial charge in [0.1, 0.15) is 17.3 Å². The highest BCUT2D eigenvalue weighted by molar-refractivity contribution is 7.09. The van der Waals surface area contributed by atoms with Crippen molar-refractivity contribution in [1.82, 2.24) is 25.1 Å². The van der Waals surface area contributed by atoms with E-state index < -0.39 is 0 Å². The van der Waals surface area contributed by atoms with E-state index in [0.717, 1.165) is 44.5 Å². The molecule has 7 heteroatoms. The Morgan fingerprint density at radius 1 is 1.04 bits per heavy atom. The molecule has 0 fully saturated rings. The van der Waals surface area contributed by atoms with Gasteiger partial charge >= 0.3 is 0 Å². The molecule has 3 aromatic heterocycles. The van der Waals surface area contributed by atoms with Crippen molar-refractivity contribution in [2.24, 2.45) is 0 Å². The van der Waals surface area contributed by atoms with Gasteiger partial charge in [-0.1, -0.05) is 12.1 Å². The summed E-state index contributed by atoms with van der Waals surface area (Å²) in [5, 5.41) is 11.6. The quantitative estimate of drug-likeness (QED) is 0.440. The van der Waals surface area contributed by atoms with E-state index in [4.69, 9.17) is 4.74 Å². The minimum Gasteiger partial charge on any atom is -0.457 e. The fraction of sp³-hybridized carbons (Fsp3) is 0.0952. The van der Waals surface area contributed by atoms with Gasteiger partial charge in [0.05, 0.1) is 17.1 Å². The zero-order valence-corrected chi connectivity index (χ0v) is 16.0. The molecule has 0 saturated heterocycles. The van der Waals surface area contributed by atoms with Crippen molar-refractivity contribution in [2.45, 2.75) is 13.3 Å². The lowest BCUT2D eigenvalue weighted by Crippen LogP contribution is -1.91. The Morgan fingerprint density at radius 3 is 2.86 bits per heavy atom. The average molecular weight is 387 g/mol. The monoisotopic (exact) mass is 387 g/mol. The van der Waals surface area contributed by atoms with Gasteiger partial charge in [-0.3, -0.25) is 5.10 Å². The molecule has 0 bridgehead atoms. The van der Waals surface area contributed by atoms with Crippen LogP contribution in [-0.2, 0) is 6.42 Å². The molecule has 0 aliphatic heterocycles. The predicted octanol–water partition coefficient (Wildman–Crippen LogP) is 5.10. The number of fused-ring (bicyclic) bond motifs is 1. The van der Waals surface area contributed by atoms with Crippen LogP contribution in [0.5, 0.6) is 11.5 Å². The molecule has 5 aromatic rings. The molecule has 28 heavy (non-hydrogen) atoms. The van der Waals surface area contributed by atoms with Crippen LogP contribution in [0.4, 0.5) is 0 Å². The van der Waals surface area contributed by atoms with Crippen LogP contribution in [-0.4, -0.2) is 25.1 Å². The molecule has 6 nitrogen and oxygen atoms in total. The van der Waals surface area contributed by atoms with Crippen LogP contribution in [0, 0.1) is 6.92 Å². The van der Waals surface area contributed by atoms with Gasteiger partial charge in [0.15, 0.2) is 5.82 Å². The number of nitrogens with zero attached hydrogens (tertiary/aromatic N) is 3. The Kier molecular flexibility index (Phi) is 4.14. The third-order valence-electron chi connectivity index (χ3n) is 4.40. The molecule has 2 aromatic carbocycles. The first-order valence-corrected chi connectivity index (χ1v) is 9.79. The van der Waals surface area contributed by atoms with Crippen LogP contribution in [0.15, 0.2) is 60.1 Å². The van der Waals surface area contributed by atoms with Gasteiger partial charge < -0.3 is 9.72 Å². The molecule has 138 valence electrons. The van der Waals surface area contributed by atoms with E-state index >= 15 is 0 Å². The molecular formula is C21H17N5OS. The number of thiazole rings is 1. The van der Waals surface area contributed by atoms with Crippen molar-refractivity contribution in [1.29, 1.82) is 0 Å². The van der Waals surface area contributed by atoms with E-state index in [1.165, 1.54) is 0 Å². The fourth-order valence-electron chi connectivity index (χ4n) is 3.09. The number of nitrogens with one attached hydrogen (secondary N) is 2. The minimum absolute atomic E-state index is 0.643. The summed E-state index contributed by atoms with van der Waals surface area (Å²) in [4.78, 5) is 12.3. The highest BCUT2D eigenvalue weighted by Gasteiger charge is 2.10. The molecule has 0 aliphatic rings. The van der Waals surface area contributed by atoms with Gasteiger partial charge in [-0.05, 0) is 43.3 Å². The van der Waals surface area contributed by atoms with Gasteiger partial charge in [0, 0.05) is 28.0 Å². The zero-order valence-electron chi connectivity index (χ0n) is 15.1. The fourth-order valence-corrected chi connectivity index (χ4v) is 3.71. The smallest absolute Gasteiger partial charge is 0.181 e. The normalized spacial score (nSPS) is 11.2. The average Bonchev–Trinajstić information content (AvgIpc) is 3.43. The lowest BCUT2D eigenvalue weighted by Gasteiger charge is -2.07. The van der Waals surface area contributed by atoms with Gasteiger partial charge in [-0.15, -0.1) is 11.3 Å². The van der Waals surface area contributed by atoms with E-state index in [9.17, 15) is 0 Å². The van der Waals surface area contributed by atoms with Crippen LogP contribution in [0.25, 0.3) is 22.3 Å². The molecule has 0 radical (unpaired) electrons. The highest BCUT2D eigenvalue weighted by Crippen LogP contribution is 2.28. The van der Waals surface area contributed by atoms with E-state index in [1.54, 1.807) is 11.3 Å². The van der Waals surface area contributed by atoms with Crippen molar-refractivity contribution < 1.29 is 4.74 Å². The summed E-state index contributed by atoms with van der Waals surface area (Å²) in [6.07, 6.45) is 2.56. The molecule has 0 spiro atoms. The molecule has 0 saturated carbocycles. The number of aryl methyl sites for hydroxylation is 1. The van der Waals surface area contributed by atoms with Crippen molar-refractivity contribution in [2.75, 3.05) is 0 Å². The van der Waals surface area contributed by atoms with Gasteiger partial charge in [-0.25, -0.2) is 9.97 Å². The van der Waals surface area contributed by atoms with E-state index in [2.05, 4.69) is 25.1 Å². The van der Waals surface area contributed by atoms with Crippen molar-refractivity contribution in [3.05, 3.63) is 76.6 Å². The number of benzene rings is 2.